The molecule has 8 heteroatoms. The van der Waals surface area contributed by atoms with Gasteiger partial charge in [-0.3, -0.25) is 5.01 Å². The van der Waals surface area contributed by atoms with Crippen molar-refractivity contribution in [1.82, 2.24) is 0 Å². The Kier molecular flexibility index (Phi) is 7.91. The molecule has 0 radical (unpaired) electrons. The number of anilines is 2. The second-order valence-corrected chi connectivity index (χ2v) is 6.11. The van der Waals surface area contributed by atoms with Crippen LogP contribution >= 0.6 is 0 Å². The highest BCUT2D eigenvalue weighted by atomic mass is 16.5. The number of carbonyl (C=O) groups excluding carboxylic acids is 1. The van der Waals surface area contributed by atoms with Gasteiger partial charge in [-0.15, -0.1) is 0 Å². The molecule has 0 saturated carbocycles. The van der Waals surface area contributed by atoms with Crippen molar-refractivity contribution in [2.75, 3.05) is 50.4 Å². The van der Waals surface area contributed by atoms with Crippen LogP contribution in [0, 0.1) is 0 Å². The summed E-state index contributed by atoms with van der Waals surface area (Å²) >= 11 is 0. The third-order valence-corrected chi connectivity index (χ3v) is 4.25. The molecule has 0 aliphatic rings. The molecule has 0 aliphatic carbocycles. The molecule has 1 aromatic carbocycles. The van der Waals surface area contributed by atoms with Crippen molar-refractivity contribution in [3.63, 3.8) is 0 Å². The molecule has 1 aromatic heterocycles. The lowest BCUT2D eigenvalue weighted by atomic mass is 10.2. The van der Waals surface area contributed by atoms with E-state index in [1.165, 1.54) is 7.11 Å². The van der Waals surface area contributed by atoms with Crippen molar-refractivity contribution in [3.8, 4) is 0 Å². The summed E-state index contributed by atoms with van der Waals surface area (Å²) in [4.78, 5) is 14.2. The minimum Gasteiger partial charge on any atom is -0.464 e. The van der Waals surface area contributed by atoms with Gasteiger partial charge in [-0.2, -0.15) is 9.67 Å². The topological polar surface area (TPSA) is 89.5 Å². The molecule has 0 saturated heterocycles. The fraction of sp³-hybridized carbons (Fsp3) is 0.350. The van der Waals surface area contributed by atoms with E-state index in [9.17, 15) is 15.0 Å². The molecule has 0 amide bonds. The fourth-order valence-electron chi connectivity index (χ4n) is 2.76. The number of pyridine rings is 1. The van der Waals surface area contributed by atoms with E-state index >= 15 is 0 Å². The summed E-state index contributed by atoms with van der Waals surface area (Å²) in [6.45, 7) is 0.876. The van der Waals surface area contributed by atoms with Gasteiger partial charge >= 0.3 is 5.97 Å². The Bertz CT molecular complexity index is 802. The molecule has 2 rings (SSSR count). The van der Waals surface area contributed by atoms with Gasteiger partial charge in [0.05, 0.1) is 26.0 Å². The molecule has 0 spiro atoms. The summed E-state index contributed by atoms with van der Waals surface area (Å²) < 4.78 is 6.70. The van der Waals surface area contributed by atoms with E-state index in [4.69, 9.17) is 4.74 Å². The van der Waals surface area contributed by atoms with Crippen molar-refractivity contribution in [3.05, 3.63) is 54.4 Å². The lowest BCUT2D eigenvalue weighted by Crippen LogP contribution is -2.39. The number of methoxy groups -OCH3 is 1. The monoisotopic (exact) mass is 387 g/mol. The molecule has 2 aromatic rings. The SMILES string of the molecule is COC(=O)/C(=N\N(C)c1ccc(N(CCO)CCO)cc1)c1cccc[n+]1C. The van der Waals surface area contributed by atoms with Crippen LogP contribution in [0.25, 0.3) is 0 Å². The van der Waals surface area contributed by atoms with Gasteiger partial charge in [0.1, 0.15) is 7.05 Å². The summed E-state index contributed by atoms with van der Waals surface area (Å²) in [5.74, 6) is -0.526. The third-order valence-electron chi connectivity index (χ3n) is 4.25. The first kappa shape index (κ1) is 21.3. The van der Waals surface area contributed by atoms with Gasteiger partial charge in [-0.1, -0.05) is 0 Å². The van der Waals surface area contributed by atoms with Crippen LogP contribution < -0.4 is 14.5 Å². The van der Waals surface area contributed by atoms with Crippen LogP contribution in [0.3, 0.4) is 0 Å². The summed E-state index contributed by atoms with van der Waals surface area (Å²) in [5, 5.41) is 24.4. The Morgan fingerprint density at radius 2 is 1.68 bits per heavy atom. The molecule has 8 nitrogen and oxygen atoms in total. The first-order chi connectivity index (χ1) is 13.5. The van der Waals surface area contributed by atoms with Gasteiger partial charge in [-0.05, 0) is 30.3 Å². The number of benzene rings is 1. The maximum atomic E-state index is 12.3. The number of rotatable bonds is 9. The van der Waals surface area contributed by atoms with E-state index in [1.807, 2.05) is 54.5 Å². The average molecular weight is 387 g/mol. The number of hydrazone groups is 1. The number of carbonyl (C=O) groups is 1. The van der Waals surface area contributed by atoms with Crippen molar-refractivity contribution in [2.45, 2.75) is 0 Å². The Morgan fingerprint density at radius 3 is 2.21 bits per heavy atom. The van der Waals surface area contributed by atoms with E-state index in [2.05, 4.69) is 5.10 Å². The van der Waals surface area contributed by atoms with Gasteiger partial charge in [0.2, 0.25) is 11.4 Å². The van der Waals surface area contributed by atoms with Crippen molar-refractivity contribution >= 4 is 23.1 Å². The van der Waals surface area contributed by atoms with E-state index in [0.29, 0.717) is 18.8 Å². The van der Waals surface area contributed by atoms with Crippen LogP contribution in [0.5, 0.6) is 0 Å². The van der Waals surface area contributed by atoms with Crippen LogP contribution in [0.15, 0.2) is 53.8 Å². The van der Waals surface area contributed by atoms with Gasteiger partial charge in [0.15, 0.2) is 6.20 Å². The van der Waals surface area contributed by atoms with Crippen molar-refractivity contribution in [2.24, 2.45) is 12.1 Å². The number of aromatic nitrogens is 1. The zero-order valence-electron chi connectivity index (χ0n) is 16.4. The highest BCUT2D eigenvalue weighted by molar-refractivity contribution is 6.42. The zero-order valence-corrected chi connectivity index (χ0v) is 16.4. The molecule has 0 fully saturated rings. The normalized spacial score (nSPS) is 11.2. The van der Waals surface area contributed by atoms with Crippen molar-refractivity contribution < 1.29 is 24.3 Å². The molecular weight excluding hydrogens is 360 g/mol. The highest BCUT2D eigenvalue weighted by Crippen LogP contribution is 2.20. The molecular formula is C20H27N4O4+. The summed E-state index contributed by atoms with van der Waals surface area (Å²) in [5.41, 5.74) is 2.48. The molecule has 150 valence electrons. The van der Waals surface area contributed by atoms with Crippen molar-refractivity contribution in [1.29, 1.82) is 0 Å². The molecule has 2 N–H and O–H groups in total. The molecule has 28 heavy (non-hydrogen) atoms. The maximum absolute atomic E-state index is 12.3. The smallest absolute Gasteiger partial charge is 0.365 e. The second kappa shape index (κ2) is 10.4. The largest absolute Gasteiger partial charge is 0.464 e. The lowest BCUT2D eigenvalue weighted by molar-refractivity contribution is -0.672. The quantitative estimate of drug-likeness (QED) is 0.279. The lowest BCUT2D eigenvalue weighted by Gasteiger charge is -2.23. The first-order valence-electron chi connectivity index (χ1n) is 8.94. The van der Waals surface area contributed by atoms with E-state index in [0.717, 1.165) is 11.4 Å². The maximum Gasteiger partial charge on any atom is 0.365 e. The minimum absolute atomic E-state index is 0.00251. The third kappa shape index (κ3) is 5.28. The zero-order chi connectivity index (χ0) is 20.5. The standard InChI is InChI=1S/C20H27N4O4/c1-22-11-5-4-6-18(22)19(20(27)28-3)21-23(2)16-7-9-17(10-8-16)24(12-14-25)13-15-26/h4-11,25-26H,12-15H2,1-3H3/q+1. The number of ether oxygens (including phenoxy) is 1. The number of esters is 1. The number of hydrogen-bond acceptors (Lipinski definition) is 7. The average Bonchev–Trinajstić information content (AvgIpc) is 2.72. The van der Waals surface area contributed by atoms with Crippen LogP contribution in [0.4, 0.5) is 11.4 Å². The van der Waals surface area contributed by atoms with E-state index in [-0.39, 0.29) is 18.9 Å². The Hall–Kier alpha value is -2.97. The van der Waals surface area contributed by atoms with Gasteiger partial charge in [0.25, 0.3) is 0 Å². The summed E-state index contributed by atoms with van der Waals surface area (Å²) in [6.07, 6.45) is 1.83. The van der Waals surface area contributed by atoms with Crippen LogP contribution in [0.2, 0.25) is 0 Å². The Morgan fingerprint density at radius 1 is 1.07 bits per heavy atom. The van der Waals surface area contributed by atoms with Gasteiger partial charge in [0, 0.05) is 38.0 Å². The Balaban J connectivity index is 2.31. The molecule has 0 unspecified atom stereocenters. The number of hydrogen-bond donors (Lipinski definition) is 2. The van der Waals surface area contributed by atoms with E-state index < -0.39 is 5.97 Å². The number of aliphatic hydroxyl groups is 2. The number of aryl methyl sites for hydroxylation is 1. The van der Waals surface area contributed by atoms with Crippen LogP contribution in [0.1, 0.15) is 5.69 Å². The van der Waals surface area contributed by atoms with E-state index in [1.54, 1.807) is 22.7 Å². The van der Waals surface area contributed by atoms with Gasteiger partial charge < -0.3 is 19.8 Å². The molecule has 0 aliphatic heterocycles. The second-order valence-electron chi connectivity index (χ2n) is 6.11. The number of aliphatic hydroxyl groups excluding tert-OH is 2. The van der Waals surface area contributed by atoms with Crippen LogP contribution in [-0.2, 0) is 16.6 Å². The number of nitrogens with zero attached hydrogens (tertiary/aromatic N) is 4. The predicted octanol–water partition coefficient (Wildman–Crippen LogP) is 0.316. The molecule has 0 atom stereocenters. The summed E-state index contributed by atoms with van der Waals surface area (Å²) in [7, 11) is 4.91. The minimum atomic E-state index is -0.526. The highest BCUT2D eigenvalue weighted by Gasteiger charge is 2.24. The fourth-order valence-corrected chi connectivity index (χ4v) is 2.76. The van der Waals surface area contributed by atoms with Gasteiger partial charge in [-0.25, -0.2) is 4.79 Å². The molecule has 0 bridgehead atoms. The Labute approximate surface area is 164 Å². The summed E-state index contributed by atoms with van der Waals surface area (Å²) in [6, 6.07) is 13.0. The van der Waals surface area contributed by atoms with Crippen LogP contribution in [-0.4, -0.2) is 62.4 Å². The first-order valence-corrected chi connectivity index (χ1v) is 8.94. The molecule has 1 heterocycles. The predicted molar refractivity (Wildman–Crippen MR) is 107 cm³/mol.